The van der Waals surface area contributed by atoms with Gasteiger partial charge in [0.15, 0.2) is 5.78 Å². The van der Waals surface area contributed by atoms with Gasteiger partial charge in [-0.25, -0.2) is 0 Å². The molecule has 124 valence electrons. The van der Waals surface area contributed by atoms with Gasteiger partial charge in [-0.2, -0.15) is 0 Å². The van der Waals surface area contributed by atoms with Crippen molar-refractivity contribution >= 4 is 16.7 Å². The van der Waals surface area contributed by atoms with Gasteiger partial charge in [-0.3, -0.25) is 4.79 Å². The molecule has 0 aliphatic heterocycles. The Morgan fingerprint density at radius 2 is 1.92 bits per heavy atom. The molecule has 1 heterocycles. The van der Waals surface area contributed by atoms with Crippen LogP contribution in [0.2, 0.25) is 0 Å². The second kappa shape index (κ2) is 6.89. The van der Waals surface area contributed by atoms with Gasteiger partial charge in [0.1, 0.15) is 5.75 Å². The van der Waals surface area contributed by atoms with Gasteiger partial charge in [-0.1, -0.05) is 18.2 Å². The summed E-state index contributed by atoms with van der Waals surface area (Å²) in [7, 11) is 5.56. The minimum absolute atomic E-state index is 0.122. The second-order valence-corrected chi connectivity index (χ2v) is 6.16. The third-order valence-corrected chi connectivity index (χ3v) is 4.13. The van der Waals surface area contributed by atoms with Gasteiger partial charge in [-0.05, 0) is 44.4 Å². The summed E-state index contributed by atoms with van der Waals surface area (Å²) in [5.41, 5.74) is 3.63. The molecule has 3 aromatic rings. The van der Waals surface area contributed by atoms with Crippen molar-refractivity contribution in [3.05, 3.63) is 54.1 Å². The molecule has 3 rings (SSSR count). The van der Waals surface area contributed by atoms with E-state index in [1.165, 1.54) is 0 Å². The maximum Gasteiger partial charge on any atom is 0.164 e. The van der Waals surface area contributed by atoms with Crippen LogP contribution < -0.4 is 4.74 Å². The summed E-state index contributed by atoms with van der Waals surface area (Å²) >= 11 is 0. The first-order chi connectivity index (χ1) is 11.6. The van der Waals surface area contributed by atoms with Gasteiger partial charge in [-0.15, -0.1) is 0 Å². The fourth-order valence-corrected chi connectivity index (χ4v) is 2.79. The zero-order chi connectivity index (χ0) is 17.1. The van der Waals surface area contributed by atoms with E-state index in [9.17, 15) is 4.79 Å². The van der Waals surface area contributed by atoms with Crippen LogP contribution in [0.15, 0.2) is 48.5 Å². The maximum atomic E-state index is 12.7. The van der Waals surface area contributed by atoms with Crippen LogP contribution in [0.5, 0.6) is 5.75 Å². The van der Waals surface area contributed by atoms with Gasteiger partial charge < -0.3 is 14.6 Å². The molecule has 0 fully saturated rings. The molecule has 1 aromatic heterocycles. The Hall–Kier alpha value is -2.59. The van der Waals surface area contributed by atoms with E-state index in [4.69, 9.17) is 4.74 Å². The SMILES string of the molecule is COc1ccc(-c2cc3ccccc3[nH]2)c(C(=O)CCN(C)C)c1. The summed E-state index contributed by atoms with van der Waals surface area (Å²) in [6.07, 6.45) is 0.480. The minimum atomic E-state index is 0.122. The molecule has 0 spiro atoms. The van der Waals surface area contributed by atoms with Crippen LogP contribution in [-0.2, 0) is 0 Å². The molecule has 0 bridgehead atoms. The van der Waals surface area contributed by atoms with Crippen molar-refractivity contribution in [3.63, 3.8) is 0 Å². The van der Waals surface area contributed by atoms with Gasteiger partial charge >= 0.3 is 0 Å². The number of nitrogens with one attached hydrogen (secondary N) is 1. The van der Waals surface area contributed by atoms with Crippen LogP contribution in [-0.4, -0.2) is 43.4 Å². The predicted molar refractivity (Wildman–Crippen MR) is 97.8 cm³/mol. The number of nitrogens with zero attached hydrogens (tertiary/aromatic N) is 1. The number of ether oxygens (including phenoxy) is 1. The van der Waals surface area contributed by atoms with Gasteiger partial charge in [0.05, 0.1) is 7.11 Å². The fourth-order valence-electron chi connectivity index (χ4n) is 2.79. The number of fused-ring (bicyclic) bond motifs is 1. The molecule has 0 amide bonds. The van der Waals surface area contributed by atoms with E-state index in [0.717, 1.165) is 28.7 Å². The third-order valence-electron chi connectivity index (χ3n) is 4.13. The number of carbonyl (C=O) groups excluding carboxylic acids is 1. The molecular formula is C20H22N2O2. The number of Topliss-reactive ketones (excluding diaryl/α,β-unsaturated/α-hetero) is 1. The first-order valence-electron chi connectivity index (χ1n) is 8.02. The van der Waals surface area contributed by atoms with Crippen molar-refractivity contribution in [2.75, 3.05) is 27.7 Å². The van der Waals surface area contributed by atoms with Crippen molar-refractivity contribution in [2.24, 2.45) is 0 Å². The van der Waals surface area contributed by atoms with Gasteiger partial charge in [0.25, 0.3) is 0 Å². The van der Waals surface area contributed by atoms with Gasteiger partial charge in [0.2, 0.25) is 0 Å². The van der Waals surface area contributed by atoms with E-state index in [-0.39, 0.29) is 5.78 Å². The third kappa shape index (κ3) is 3.34. The molecular weight excluding hydrogens is 300 g/mol. The second-order valence-electron chi connectivity index (χ2n) is 6.16. The van der Waals surface area contributed by atoms with E-state index in [1.54, 1.807) is 7.11 Å². The number of rotatable bonds is 6. The summed E-state index contributed by atoms with van der Waals surface area (Å²) in [6.45, 7) is 0.724. The van der Waals surface area contributed by atoms with E-state index in [2.05, 4.69) is 17.1 Å². The topological polar surface area (TPSA) is 45.3 Å². The van der Waals surface area contributed by atoms with Crippen LogP contribution in [0.25, 0.3) is 22.2 Å². The van der Waals surface area contributed by atoms with E-state index >= 15 is 0 Å². The maximum absolute atomic E-state index is 12.7. The summed E-state index contributed by atoms with van der Waals surface area (Å²) < 4.78 is 5.31. The Labute approximate surface area is 142 Å². The average molecular weight is 322 g/mol. The zero-order valence-corrected chi connectivity index (χ0v) is 14.3. The number of ketones is 1. The number of benzene rings is 2. The standard InChI is InChI=1S/C20H22N2O2/c1-22(2)11-10-20(23)17-13-15(24-3)8-9-16(17)19-12-14-6-4-5-7-18(14)21-19/h4-9,12-13,21H,10-11H2,1-3H3. The number of H-pyrrole nitrogens is 1. The van der Waals surface area contributed by atoms with Crippen molar-refractivity contribution in [1.29, 1.82) is 0 Å². The highest BCUT2D eigenvalue weighted by molar-refractivity contribution is 6.03. The average Bonchev–Trinajstić information content (AvgIpc) is 3.03. The largest absolute Gasteiger partial charge is 0.497 e. The first-order valence-corrected chi connectivity index (χ1v) is 8.02. The molecule has 0 saturated heterocycles. The Kier molecular flexibility index (Phi) is 4.67. The lowest BCUT2D eigenvalue weighted by atomic mass is 9.98. The summed E-state index contributed by atoms with van der Waals surface area (Å²) in [5.74, 6) is 0.819. The van der Waals surface area contributed by atoms with Crippen LogP contribution >= 0.6 is 0 Å². The Morgan fingerprint density at radius 1 is 1.12 bits per heavy atom. The first kappa shape index (κ1) is 16.3. The Morgan fingerprint density at radius 3 is 2.62 bits per heavy atom. The smallest absolute Gasteiger partial charge is 0.164 e. The lowest BCUT2D eigenvalue weighted by molar-refractivity contribution is 0.0973. The molecule has 2 aromatic carbocycles. The molecule has 1 N–H and O–H groups in total. The molecule has 0 atom stereocenters. The highest BCUT2D eigenvalue weighted by Crippen LogP contribution is 2.30. The fraction of sp³-hybridized carbons (Fsp3) is 0.250. The molecule has 0 aliphatic rings. The van der Waals surface area contributed by atoms with Crippen molar-refractivity contribution in [3.8, 4) is 17.0 Å². The molecule has 4 heteroatoms. The van der Waals surface area contributed by atoms with Crippen LogP contribution in [0.3, 0.4) is 0 Å². The van der Waals surface area contributed by atoms with Gasteiger partial charge in [0, 0.05) is 40.7 Å². The molecule has 0 aliphatic carbocycles. The van der Waals surface area contributed by atoms with Crippen LogP contribution in [0, 0.1) is 0 Å². The van der Waals surface area contributed by atoms with E-state index in [1.807, 2.05) is 55.4 Å². The lowest BCUT2D eigenvalue weighted by Gasteiger charge is -2.12. The molecule has 0 radical (unpaired) electrons. The van der Waals surface area contributed by atoms with Crippen molar-refractivity contribution in [1.82, 2.24) is 9.88 Å². The molecule has 4 nitrogen and oxygen atoms in total. The quantitative estimate of drug-likeness (QED) is 0.698. The van der Waals surface area contributed by atoms with Crippen LogP contribution in [0.1, 0.15) is 16.8 Å². The van der Waals surface area contributed by atoms with Crippen molar-refractivity contribution < 1.29 is 9.53 Å². The zero-order valence-electron chi connectivity index (χ0n) is 14.3. The Bertz CT molecular complexity index is 832. The number of para-hydroxylation sites is 1. The van der Waals surface area contributed by atoms with E-state index in [0.29, 0.717) is 17.7 Å². The summed E-state index contributed by atoms with van der Waals surface area (Å²) in [5, 5.41) is 1.13. The number of hydrogen-bond acceptors (Lipinski definition) is 3. The summed E-state index contributed by atoms with van der Waals surface area (Å²) in [4.78, 5) is 18.2. The predicted octanol–water partition coefficient (Wildman–Crippen LogP) is 3.98. The molecule has 0 unspecified atom stereocenters. The summed E-state index contributed by atoms with van der Waals surface area (Å²) in [6, 6.07) is 15.9. The number of hydrogen-bond donors (Lipinski definition) is 1. The molecule has 0 saturated carbocycles. The van der Waals surface area contributed by atoms with E-state index < -0.39 is 0 Å². The highest BCUT2D eigenvalue weighted by Gasteiger charge is 2.16. The number of carbonyl (C=O) groups is 1. The molecule has 24 heavy (non-hydrogen) atoms. The number of aromatic amines is 1. The lowest BCUT2D eigenvalue weighted by Crippen LogP contribution is -2.17. The van der Waals surface area contributed by atoms with Crippen LogP contribution in [0.4, 0.5) is 0 Å². The monoisotopic (exact) mass is 322 g/mol. The minimum Gasteiger partial charge on any atom is -0.497 e. The normalized spacial score (nSPS) is 11.2. The number of aromatic nitrogens is 1. The Balaban J connectivity index is 2.04. The number of methoxy groups -OCH3 is 1. The highest BCUT2D eigenvalue weighted by atomic mass is 16.5. The van der Waals surface area contributed by atoms with Crippen molar-refractivity contribution in [2.45, 2.75) is 6.42 Å².